The number of pyridine rings is 1. The lowest BCUT2D eigenvalue weighted by atomic mass is 10.1. The summed E-state index contributed by atoms with van der Waals surface area (Å²) in [4.78, 5) is 15.4. The van der Waals surface area contributed by atoms with E-state index < -0.39 is 0 Å². The van der Waals surface area contributed by atoms with Crippen LogP contribution in [0.3, 0.4) is 0 Å². The number of aromatic nitrogens is 3. The van der Waals surface area contributed by atoms with E-state index in [1.54, 1.807) is 12.4 Å². The van der Waals surface area contributed by atoms with Gasteiger partial charge in [0.1, 0.15) is 17.4 Å². The van der Waals surface area contributed by atoms with Gasteiger partial charge in [0.25, 0.3) is 0 Å². The second kappa shape index (κ2) is 5.69. The van der Waals surface area contributed by atoms with E-state index in [9.17, 15) is 0 Å². The number of morpholine rings is 1. The molecule has 1 aliphatic rings. The third kappa shape index (κ3) is 2.51. The Morgan fingerprint density at radius 3 is 2.77 bits per heavy atom. The Labute approximate surface area is 128 Å². The molecule has 1 aliphatic heterocycles. The summed E-state index contributed by atoms with van der Waals surface area (Å²) in [7, 11) is 0. The molecule has 1 fully saturated rings. The number of fused-ring (bicyclic) bond motifs is 1. The molecular formula is C17H16N4O. The first-order valence-corrected chi connectivity index (χ1v) is 7.39. The number of anilines is 1. The molecule has 0 radical (unpaired) electrons. The maximum atomic E-state index is 5.91. The Balaban J connectivity index is 1.61. The molecule has 2 aromatic heterocycles. The van der Waals surface area contributed by atoms with Gasteiger partial charge in [-0.25, -0.2) is 9.97 Å². The van der Waals surface area contributed by atoms with Crippen LogP contribution in [0.25, 0.3) is 11.2 Å². The van der Waals surface area contributed by atoms with Gasteiger partial charge in [-0.15, -0.1) is 0 Å². The van der Waals surface area contributed by atoms with Crippen molar-refractivity contribution in [1.29, 1.82) is 0 Å². The fourth-order valence-corrected chi connectivity index (χ4v) is 2.75. The van der Waals surface area contributed by atoms with Crippen molar-refractivity contribution >= 4 is 17.0 Å². The van der Waals surface area contributed by atoms with Gasteiger partial charge in [-0.05, 0) is 17.7 Å². The van der Waals surface area contributed by atoms with Crippen LogP contribution in [-0.2, 0) is 4.74 Å². The lowest BCUT2D eigenvalue weighted by molar-refractivity contribution is 0.0395. The largest absolute Gasteiger partial charge is 0.370 e. The number of benzene rings is 1. The standard InChI is InChI=1S/C17H16N4O/c1-2-4-13(5-3-1)15-12-21(10-11-22-15)16-7-6-14-17(20-16)19-9-8-18-14/h1-9,15H,10-12H2/t15-/m0/s1. The van der Waals surface area contributed by atoms with Gasteiger partial charge in [0.05, 0.1) is 6.61 Å². The summed E-state index contributed by atoms with van der Waals surface area (Å²) in [6, 6.07) is 14.3. The molecule has 0 amide bonds. The van der Waals surface area contributed by atoms with Gasteiger partial charge in [-0.2, -0.15) is 0 Å². The predicted octanol–water partition coefficient (Wildman–Crippen LogP) is 2.60. The molecule has 1 atom stereocenters. The highest BCUT2D eigenvalue weighted by atomic mass is 16.5. The summed E-state index contributed by atoms with van der Waals surface area (Å²) >= 11 is 0. The van der Waals surface area contributed by atoms with Crippen LogP contribution in [0, 0.1) is 0 Å². The summed E-state index contributed by atoms with van der Waals surface area (Å²) in [6.45, 7) is 2.32. The average Bonchev–Trinajstić information content (AvgIpc) is 2.62. The molecule has 0 aliphatic carbocycles. The zero-order chi connectivity index (χ0) is 14.8. The van der Waals surface area contributed by atoms with Gasteiger partial charge in [0, 0.05) is 25.5 Å². The van der Waals surface area contributed by atoms with Crippen molar-refractivity contribution in [2.24, 2.45) is 0 Å². The second-order valence-corrected chi connectivity index (χ2v) is 5.28. The van der Waals surface area contributed by atoms with E-state index >= 15 is 0 Å². The van der Waals surface area contributed by atoms with Gasteiger partial charge in [0.15, 0.2) is 5.65 Å². The average molecular weight is 292 g/mol. The fourth-order valence-electron chi connectivity index (χ4n) is 2.75. The van der Waals surface area contributed by atoms with Crippen LogP contribution < -0.4 is 4.90 Å². The van der Waals surface area contributed by atoms with E-state index in [0.29, 0.717) is 12.3 Å². The topological polar surface area (TPSA) is 51.1 Å². The summed E-state index contributed by atoms with van der Waals surface area (Å²) in [6.07, 6.45) is 3.43. The summed E-state index contributed by atoms with van der Waals surface area (Å²) in [5.41, 5.74) is 2.70. The van der Waals surface area contributed by atoms with E-state index in [2.05, 4.69) is 32.0 Å². The lowest BCUT2D eigenvalue weighted by Crippen LogP contribution is -2.38. The molecule has 5 heteroatoms. The van der Waals surface area contributed by atoms with Crippen LogP contribution in [0.15, 0.2) is 54.9 Å². The summed E-state index contributed by atoms with van der Waals surface area (Å²) in [5, 5.41) is 0. The van der Waals surface area contributed by atoms with E-state index in [0.717, 1.165) is 24.4 Å². The molecule has 0 N–H and O–H groups in total. The molecule has 4 rings (SSSR count). The van der Waals surface area contributed by atoms with Crippen LogP contribution in [0.2, 0.25) is 0 Å². The van der Waals surface area contributed by atoms with E-state index in [1.165, 1.54) is 5.56 Å². The third-order valence-corrected chi connectivity index (χ3v) is 3.88. The van der Waals surface area contributed by atoms with Gasteiger partial charge in [-0.3, -0.25) is 4.98 Å². The van der Waals surface area contributed by atoms with Gasteiger partial charge in [0.2, 0.25) is 0 Å². The van der Waals surface area contributed by atoms with E-state index in [-0.39, 0.29) is 6.10 Å². The monoisotopic (exact) mass is 292 g/mol. The highest BCUT2D eigenvalue weighted by molar-refractivity contribution is 5.71. The molecule has 0 bridgehead atoms. The molecule has 3 heterocycles. The molecule has 3 aromatic rings. The maximum absolute atomic E-state index is 5.91. The first-order valence-electron chi connectivity index (χ1n) is 7.39. The predicted molar refractivity (Wildman–Crippen MR) is 84.7 cm³/mol. The zero-order valence-corrected chi connectivity index (χ0v) is 12.1. The van der Waals surface area contributed by atoms with Crippen LogP contribution in [0.4, 0.5) is 5.82 Å². The molecular weight excluding hydrogens is 276 g/mol. The Morgan fingerprint density at radius 2 is 1.86 bits per heavy atom. The molecule has 0 unspecified atom stereocenters. The van der Waals surface area contributed by atoms with Crippen molar-refractivity contribution in [3.05, 3.63) is 60.4 Å². The van der Waals surface area contributed by atoms with Crippen molar-refractivity contribution in [3.8, 4) is 0 Å². The van der Waals surface area contributed by atoms with Gasteiger partial charge < -0.3 is 9.64 Å². The number of nitrogens with zero attached hydrogens (tertiary/aromatic N) is 4. The van der Waals surface area contributed by atoms with Crippen molar-refractivity contribution in [1.82, 2.24) is 15.0 Å². The van der Waals surface area contributed by atoms with Crippen molar-refractivity contribution < 1.29 is 4.74 Å². The lowest BCUT2D eigenvalue weighted by Gasteiger charge is -2.34. The maximum Gasteiger partial charge on any atom is 0.180 e. The number of hydrogen-bond donors (Lipinski definition) is 0. The molecule has 0 spiro atoms. The molecule has 110 valence electrons. The molecule has 22 heavy (non-hydrogen) atoms. The summed E-state index contributed by atoms with van der Waals surface area (Å²) in [5.74, 6) is 0.928. The second-order valence-electron chi connectivity index (χ2n) is 5.28. The minimum atomic E-state index is 0.0781. The van der Waals surface area contributed by atoms with Crippen LogP contribution in [0.1, 0.15) is 11.7 Å². The molecule has 5 nitrogen and oxygen atoms in total. The van der Waals surface area contributed by atoms with E-state index in [1.807, 2.05) is 30.3 Å². The Bertz CT molecular complexity index is 778. The SMILES string of the molecule is c1ccc([C@@H]2CN(c3ccc4nccnc4n3)CCO2)cc1. The Kier molecular flexibility index (Phi) is 3.40. The zero-order valence-electron chi connectivity index (χ0n) is 12.1. The van der Waals surface area contributed by atoms with Gasteiger partial charge in [-0.1, -0.05) is 30.3 Å². The first kappa shape index (κ1) is 13.2. The molecule has 0 saturated carbocycles. The van der Waals surface area contributed by atoms with Crippen LogP contribution in [0.5, 0.6) is 0 Å². The molecule has 1 aromatic carbocycles. The summed E-state index contributed by atoms with van der Waals surface area (Å²) < 4.78 is 5.91. The van der Waals surface area contributed by atoms with Crippen molar-refractivity contribution in [3.63, 3.8) is 0 Å². The smallest absolute Gasteiger partial charge is 0.180 e. The molecule has 1 saturated heterocycles. The number of ether oxygens (including phenoxy) is 1. The highest BCUT2D eigenvalue weighted by Gasteiger charge is 2.23. The van der Waals surface area contributed by atoms with Crippen LogP contribution >= 0.6 is 0 Å². The Morgan fingerprint density at radius 1 is 1.00 bits per heavy atom. The first-order chi connectivity index (χ1) is 10.9. The van der Waals surface area contributed by atoms with Gasteiger partial charge >= 0.3 is 0 Å². The highest BCUT2D eigenvalue weighted by Crippen LogP contribution is 2.25. The van der Waals surface area contributed by atoms with Crippen LogP contribution in [-0.4, -0.2) is 34.6 Å². The quantitative estimate of drug-likeness (QED) is 0.726. The normalized spacial score (nSPS) is 18.5. The fraction of sp³-hybridized carbons (Fsp3) is 0.235. The van der Waals surface area contributed by atoms with Crippen molar-refractivity contribution in [2.75, 3.05) is 24.6 Å². The number of rotatable bonds is 2. The Hall–Kier alpha value is -2.53. The third-order valence-electron chi connectivity index (χ3n) is 3.88. The number of hydrogen-bond acceptors (Lipinski definition) is 5. The van der Waals surface area contributed by atoms with Crippen molar-refractivity contribution in [2.45, 2.75) is 6.10 Å². The minimum Gasteiger partial charge on any atom is -0.370 e. The van der Waals surface area contributed by atoms with E-state index in [4.69, 9.17) is 4.74 Å². The minimum absolute atomic E-state index is 0.0781.